The molecule has 0 aromatic heterocycles. The van der Waals surface area contributed by atoms with Crippen molar-refractivity contribution in [1.29, 1.82) is 5.53 Å². The summed E-state index contributed by atoms with van der Waals surface area (Å²) in [4.78, 5) is 34.2. The van der Waals surface area contributed by atoms with Gasteiger partial charge in [0.25, 0.3) is 11.6 Å². The van der Waals surface area contributed by atoms with Crippen LogP contribution in [0.1, 0.15) is 11.7 Å². The van der Waals surface area contributed by atoms with Crippen LogP contribution in [0.15, 0.2) is 24.3 Å². The van der Waals surface area contributed by atoms with E-state index in [-0.39, 0.29) is 11.3 Å². The van der Waals surface area contributed by atoms with Crippen LogP contribution in [0, 0.1) is 15.6 Å². The summed E-state index contributed by atoms with van der Waals surface area (Å²) in [6.07, 6.45) is -0.791. The molecule has 2 atom stereocenters. The maximum atomic E-state index is 11.6. The van der Waals surface area contributed by atoms with Crippen LogP contribution < -0.4 is 5.32 Å². The third kappa shape index (κ3) is 6.48. The minimum absolute atomic E-state index is 0.184. The fourth-order valence-corrected chi connectivity index (χ4v) is 1.87. The van der Waals surface area contributed by atoms with Crippen molar-refractivity contribution in [1.82, 2.24) is 5.32 Å². The van der Waals surface area contributed by atoms with Crippen LogP contribution in [0.4, 0.5) is 5.69 Å². The van der Waals surface area contributed by atoms with E-state index >= 15 is 0 Å². The van der Waals surface area contributed by atoms with Crippen molar-refractivity contribution < 1.29 is 29.1 Å². The maximum absolute atomic E-state index is 11.6. The number of hydrogen-bond acceptors (Lipinski definition) is 7. The summed E-state index contributed by atoms with van der Waals surface area (Å²) in [6.45, 7) is -0.477. The number of carbonyl (C=O) groups excluding carboxylic acids is 2. The molecule has 2 unspecified atom stereocenters. The minimum Gasteiger partial charge on any atom is -0.455 e. The van der Waals surface area contributed by atoms with E-state index in [2.05, 4.69) is 10.1 Å². The van der Waals surface area contributed by atoms with Crippen molar-refractivity contribution in [3.8, 4) is 0 Å². The molecule has 25 heavy (non-hydrogen) atoms. The molecule has 1 rings (SSSR count). The Kier molecular flexibility index (Phi) is 7.96. The van der Waals surface area contributed by atoms with Crippen molar-refractivity contribution in [2.45, 2.75) is 17.0 Å². The Morgan fingerprint density at radius 3 is 2.48 bits per heavy atom. The van der Waals surface area contributed by atoms with Crippen molar-refractivity contribution in [3.63, 3.8) is 0 Å². The number of nitrogens with zero attached hydrogens (tertiary/aromatic N) is 2. The normalized spacial score (nSPS) is 12.6. The molecule has 1 aromatic carbocycles. The highest BCUT2D eigenvalue weighted by atomic mass is 35.5. The first-order valence-corrected chi connectivity index (χ1v) is 7.51. The van der Waals surface area contributed by atoms with Crippen LogP contribution in [0.5, 0.6) is 0 Å². The number of carbonyl (C=O) groups is 2. The topological polar surface area (TPSA) is 157 Å². The van der Waals surface area contributed by atoms with E-state index in [0.717, 1.165) is 0 Å². The van der Waals surface area contributed by atoms with Gasteiger partial charge in [-0.05, 0) is 17.7 Å². The molecule has 0 fully saturated rings. The molecular weight excluding hydrogens is 379 g/mol. The Hall–Kier alpha value is -2.52. The first-order chi connectivity index (χ1) is 11.8. The number of nitro groups is 1. The number of ether oxygens (including phenoxy) is 1. The smallest absolute Gasteiger partial charge is 0.418 e. The molecule has 0 aliphatic heterocycles. The number of nitrogens with one attached hydrogen (secondary N) is 2. The quantitative estimate of drug-likeness (QED) is 0.113. The lowest BCUT2D eigenvalue weighted by atomic mass is 10.0. The second kappa shape index (κ2) is 9.70. The third-order valence-electron chi connectivity index (χ3n) is 2.93. The molecule has 1 aromatic rings. The summed E-state index contributed by atoms with van der Waals surface area (Å²) in [6, 6.07) is 3.77. The number of amides is 1. The fourth-order valence-electron chi connectivity index (χ4n) is 1.74. The van der Waals surface area contributed by atoms with E-state index in [1.807, 2.05) is 0 Å². The fraction of sp³-hybridized carbons (Fsp3) is 0.308. The molecule has 0 bridgehead atoms. The van der Waals surface area contributed by atoms with Crippen LogP contribution in [-0.4, -0.2) is 50.4 Å². The Balaban J connectivity index is 2.94. The molecule has 0 saturated carbocycles. The number of alkyl halides is 2. The summed E-state index contributed by atoms with van der Waals surface area (Å²) >= 11 is 10.9. The average molecular weight is 392 g/mol. The zero-order chi connectivity index (χ0) is 19.0. The monoisotopic (exact) mass is 391 g/mol. The van der Waals surface area contributed by atoms with Gasteiger partial charge < -0.3 is 15.2 Å². The summed E-state index contributed by atoms with van der Waals surface area (Å²) < 4.78 is 4.75. The van der Waals surface area contributed by atoms with Gasteiger partial charge in [0.05, 0.1) is 21.3 Å². The summed E-state index contributed by atoms with van der Waals surface area (Å²) in [5, 5.41) is 23.3. The number of esters is 1. The van der Waals surface area contributed by atoms with Gasteiger partial charge in [0.15, 0.2) is 4.84 Å². The average Bonchev–Trinajstić information content (AvgIpc) is 2.57. The number of benzene rings is 1. The predicted octanol–water partition coefficient (Wildman–Crippen LogP) is 0.770. The molecule has 0 heterocycles. The van der Waals surface area contributed by atoms with Crippen LogP contribution in [-0.2, 0) is 14.3 Å². The molecule has 3 N–H and O–H groups in total. The lowest BCUT2D eigenvalue weighted by Crippen LogP contribution is -2.45. The van der Waals surface area contributed by atoms with Gasteiger partial charge in [-0.1, -0.05) is 23.2 Å². The SMILES string of the molecule is N=[N+]=CC(=O)OCC(NC(=O)C(Cl)Cl)C(O)c1ccc([N+](=O)[O-])cc1. The van der Waals surface area contributed by atoms with Crippen molar-refractivity contribution >= 4 is 47.0 Å². The molecule has 0 saturated heterocycles. The Bertz CT molecular complexity index is 690. The number of nitro benzene ring substituents is 1. The lowest BCUT2D eigenvalue weighted by Gasteiger charge is -2.24. The Morgan fingerprint density at radius 1 is 1.40 bits per heavy atom. The maximum Gasteiger partial charge on any atom is 0.418 e. The zero-order valence-electron chi connectivity index (χ0n) is 12.5. The molecule has 0 aliphatic carbocycles. The number of non-ortho nitro benzene ring substituents is 1. The summed E-state index contributed by atoms with van der Waals surface area (Å²) in [5.74, 6) is -1.79. The molecule has 0 radical (unpaired) electrons. The third-order valence-corrected chi connectivity index (χ3v) is 3.32. The largest absolute Gasteiger partial charge is 0.455 e. The van der Waals surface area contributed by atoms with E-state index in [1.165, 1.54) is 24.3 Å². The first-order valence-electron chi connectivity index (χ1n) is 6.63. The molecule has 12 heteroatoms. The van der Waals surface area contributed by atoms with Gasteiger partial charge in [-0.15, -0.1) is 0 Å². The highest BCUT2D eigenvalue weighted by Crippen LogP contribution is 2.21. The van der Waals surface area contributed by atoms with Crippen LogP contribution in [0.3, 0.4) is 0 Å². The molecule has 0 aliphatic rings. The van der Waals surface area contributed by atoms with Crippen molar-refractivity contribution in [2.75, 3.05) is 6.61 Å². The minimum atomic E-state index is -1.42. The second-order valence-electron chi connectivity index (χ2n) is 4.60. The van der Waals surface area contributed by atoms with Crippen molar-refractivity contribution in [3.05, 3.63) is 39.9 Å². The van der Waals surface area contributed by atoms with E-state index in [0.29, 0.717) is 6.21 Å². The number of rotatable bonds is 8. The van der Waals surface area contributed by atoms with Crippen molar-refractivity contribution in [2.24, 2.45) is 0 Å². The summed E-state index contributed by atoms with van der Waals surface area (Å²) in [7, 11) is 0. The number of hydrogen-bond donors (Lipinski definition) is 3. The number of aliphatic hydroxyl groups is 1. The first kappa shape index (κ1) is 20.5. The van der Waals surface area contributed by atoms with Gasteiger partial charge in [-0.3, -0.25) is 14.9 Å². The zero-order valence-corrected chi connectivity index (χ0v) is 14.0. The molecule has 0 spiro atoms. The highest BCUT2D eigenvalue weighted by molar-refractivity contribution is 6.53. The van der Waals surface area contributed by atoms with E-state index < -0.39 is 40.4 Å². The lowest BCUT2D eigenvalue weighted by molar-refractivity contribution is -0.384. The molecular formula is C13H13Cl2N4O6+. The van der Waals surface area contributed by atoms with Gasteiger partial charge in [-0.2, -0.15) is 0 Å². The van der Waals surface area contributed by atoms with Gasteiger partial charge in [-0.25, -0.2) is 4.79 Å². The predicted molar refractivity (Wildman–Crippen MR) is 85.5 cm³/mol. The second-order valence-corrected chi connectivity index (χ2v) is 5.69. The van der Waals surface area contributed by atoms with Gasteiger partial charge in [0.2, 0.25) is 0 Å². The molecule has 10 nitrogen and oxygen atoms in total. The van der Waals surface area contributed by atoms with E-state index in [9.17, 15) is 24.8 Å². The Morgan fingerprint density at radius 2 is 2.00 bits per heavy atom. The van der Waals surface area contributed by atoms with Gasteiger partial charge >= 0.3 is 12.2 Å². The van der Waals surface area contributed by atoms with Gasteiger partial charge in [0, 0.05) is 12.1 Å². The Labute approximate surface area is 151 Å². The van der Waals surface area contributed by atoms with Crippen LogP contribution in [0.25, 0.3) is 0 Å². The summed E-state index contributed by atoms with van der Waals surface area (Å²) in [5.41, 5.74) is 6.56. The number of aliphatic hydroxyl groups excluding tert-OH is 1. The van der Waals surface area contributed by atoms with E-state index in [1.54, 1.807) is 0 Å². The standard InChI is InChI=1S/C13H12Cl2N4O6/c14-12(15)13(22)18-9(6-25-10(20)5-17-16)11(21)7-1-3-8(4-2-7)19(23)24/h1-5,9,11-12,16,21H,6H2/p+1. The van der Waals surface area contributed by atoms with Gasteiger partial charge in [0.1, 0.15) is 12.7 Å². The van der Waals surface area contributed by atoms with Crippen LogP contribution in [0.2, 0.25) is 0 Å². The molecule has 1 amide bonds. The van der Waals surface area contributed by atoms with E-state index in [4.69, 9.17) is 33.5 Å². The molecule has 134 valence electrons. The van der Waals surface area contributed by atoms with Crippen LogP contribution >= 0.6 is 23.2 Å². The number of halogens is 2. The highest BCUT2D eigenvalue weighted by Gasteiger charge is 2.27.